The van der Waals surface area contributed by atoms with Gasteiger partial charge < -0.3 is 20.5 Å². The zero-order chi connectivity index (χ0) is 15.3. The maximum atomic E-state index is 12.4. The number of ether oxygens (including phenoxy) is 2. The molecule has 0 atom stereocenters. The number of carbonyl (C=O) groups excluding carboxylic acids is 1. The van der Waals surface area contributed by atoms with Crippen molar-refractivity contribution in [2.45, 2.75) is 44.6 Å². The number of hydrogen-bond donors (Lipinski definition) is 2. The van der Waals surface area contributed by atoms with Crippen molar-refractivity contribution in [3.63, 3.8) is 0 Å². The molecule has 0 aromatic heterocycles. The normalized spacial score (nSPS) is 16.3. The number of carbonyl (C=O) groups is 1. The smallest absolute Gasteiger partial charge is 0.244 e. The van der Waals surface area contributed by atoms with Crippen LogP contribution in [0.2, 0.25) is 0 Å². The fourth-order valence-electron chi connectivity index (χ4n) is 2.69. The van der Waals surface area contributed by atoms with Crippen LogP contribution < -0.4 is 20.5 Å². The third kappa shape index (κ3) is 4.27. The van der Waals surface area contributed by atoms with Crippen LogP contribution >= 0.6 is 12.4 Å². The van der Waals surface area contributed by atoms with E-state index in [-0.39, 0.29) is 18.3 Å². The minimum Gasteiger partial charge on any atom is -0.493 e. The first-order chi connectivity index (χ1) is 10.1. The second-order valence-corrected chi connectivity index (χ2v) is 5.47. The maximum absolute atomic E-state index is 12.4. The number of methoxy groups -OCH3 is 1. The Balaban J connectivity index is 0.00000242. The van der Waals surface area contributed by atoms with Gasteiger partial charge in [0.05, 0.1) is 19.3 Å². The Morgan fingerprint density at radius 3 is 2.55 bits per heavy atom. The summed E-state index contributed by atoms with van der Waals surface area (Å²) in [5.74, 6) is 1.15. The number of amides is 1. The van der Waals surface area contributed by atoms with Crippen molar-refractivity contribution in [1.29, 1.82) is 0 Å². The quantitative estimate of drug-likeness (QED) is 0.871. The summed E-state index contributed by atoms with van der Waals surface area (Å²) in [6.07, 6.45) is 4.66. The van der Waals surface area contributed by atoms with Crippen LogP contribution in [0.3, 0.4) is 0 Å². The zero-order valence-electron chi connectivity index (χ0n) is 13.2. The summed E-state index contributed by atoms with van der Waals surface area (Å²) < 4.78 is 10.7. The lowest BCUT2D eigenvalue weighted by Crippen LogP contribution is -2.52. The van der Waals surface area contributed by atoms with E-state index < -0.39 is 5.54 Å². The van der Waals surface area contributed by atoms with E-state index in [1.54, 1.807) is 25.3 Å². The number of benzene rings is 1. The molecule has 0 bridgehead atoms. The van der Waals surface area contributed by atoms with Crippen molar-refractivity contribution in [2.75, 3.05) is 19.0 Å². The SMILES string of the molecule is CCOc1cc(NC(=O)C2(N)CCCCC2)ccc1OC.Cl. The van der Waals surface area contributed by atoms with Crippen LogP contribution in [0.5, 0.6) is 11.5 Å². The maximum Gasteiger partial charge on any atom is 0.244 e. The van der Waals surface area contributed by atoms with Gasteiger partial charge in [0.25, 0.3) is 0 Å². The summed E-state index contributed by atoms with van der Waals surface area (Å²) in [4.78, 5) is 12.4. The molecule has 0 unspecified atom stereocenters. The van der Waals surface area contributed by atoms with Gasteiger partial charge in [-0.1, -0.05) is 19.3 Å². The zero-order valence-corrected chi connectivity index (χ0v) is 14.0. The standard InChI is InChI=1S/C16H24N2O3.ClH/c1-3-21-14-11-12(7-8-13(14)20-2)18-15(19)16(17)9-5-4-6-10-16;/h7-8,11H,3-6,9-10,17H2,1-2H3,(H,18,19);1H. The van der Waals surface area contributed by atoms with Gasteiger partial charge >= 0.3 is 0 Å². The largest absolute Gasteiger partial charge is 0.493 e. The van der Waals surface area contributed by atoms with E-state index in [1.807, 2.05) is 6.92 Å². The number of halogens is 1. The molecule has 0 spiro atoms. The molecular weight excluding hydrogens is 304 g/mol. The van der Waals surface area contributed by atoms with E-state index >= 15 is 0 Å². The number of hydrogen-bond acceptors (Lipinski definition) is 4. The minimum atomic E-state index is -0.746. The Hall–Kier alpha value is -1.46. The minimum absolute atomic E-state index is 0. The van der Waals surface area contributed by atoms with Crippen LogP contribution in [0.15, 0.2) is 18.2 Å². The van der Waals surface area contributed by atoms with Gasteiger partial charge in [0, 0.05) is 11.8 Å². The highest BCUT2D eigenvalue weighted by Crippen LogP contribution is 2.32. The molecule has 1 saturated carbocycles. The average molecular weight is 329 g/mol. The van der Waals surface area contributed by atoms with Gasteiger partial charge in [-0.15, -0.1) is 12.4 Å². The van der Waals surface area contributed by atoms with Crippen molar-refractivity contribution in [3.05, 3.63) is 18.2 Å². The molecule has 1 aliphatic rings. The molecule has 1 aromatic rings. The molecule has 1 amide bonds. The van der Waals surface area contributed by atoms with E-state index in [1.165, 1.54) is 0 Å². The Labute approximate surface area is 138 Å². The number of anilines is 1. The first-order valence-electron chi connectivity index (χ1n) is 7.50. The fourth-order valence-corrected chi connectivity index (χ4v) is 2.69. The Bertz CT molecular complexity index is 502. The third-order valence-corrected chi connectivity index (χ3v) is 3.92. The summed E-state index contributed by atoms with van der Waals surface area (Å²) >= 11 is 0. The molecule has 0 radical (unpaired) electrons. The molecule has 2 rings (SSSR count). The first kappa shape index (κ1) is 18.6. The molecule has 0 saturated heterocycles. The van der Waals surface area contributed by atoms with Crippen molar-refractivity contribution >= 4 is 24.0 Å². The van der Waals surface area contributed by atoms with Gasteiger partial charge in [0.15, 0.2) is 11.5 Å². The summed E-state index contributed by atoms with van der Waals surface area (Å²) in [6, 6.07) is 5.35. The molecular formula is C16H25ClN2O3. The molecule has 3 N–H and O–H groups in total. The van der Waals surface area contributed by atoms with Crippen LogP contribution in [0.4, 0.5) is 5.69 Å². The number of nitrogens with two attached hydrogens (primary N) is 1. The Morgan fingerprint density at radius 2 is 1.95 bits per heavy atom. The Kier molecular flexibility index (Phi) is 6.97. The van der Waals surface area contributed by atoms with E-state index in [4.69, 9.17) is 15.2 Å². The second kappa shape index (κ2) is 8.25. The summed E-state index contributed by atoms with van der Waals surface area (Å²) in [7, 11) is 1.59. The lowest BCUT2D eigenvalue weighted by Gasteiger charge is -2.31. The van der Waals surface area contributed by atoms with Gasteiger partial charge in [-0.2, -0.15) is 0 Å². The van der Waals surface area contributed by atoms with Gasteiger partial charge in [-0.3, -0.25) is 4.79 Å². The highest BCUT2D eigenvalue weighted by Gasteiger charge is 2.35. The topological polar surface area (TPSA) is 73.6 Å². The molecule has 6 heteroatoms. The highest BCUT2D eigenvalue weighted by atomic mass is 35.5. The average Bonchev–Trinajstić information content (AvgIpc) is 2.48. The monoisotopic (exact) mass is 328 g/mol. The molecule has 0 heterocycles. The van der Waals surface area contributed by atoms with Crippen molar-refractivity contribution in [2.24, 2.45) is 5.73 Å². The lowest BCUT2D eigenvalue weighted by molar-refractivity contribution is -0.122. The molecule has 124 valence electrons. The van der Waals surface area contributed by atoms with Gasteiger partial charge in [0.1, 0.15) is 0 Å². The van der Waals surface area contributed by atoms with Gasteiger partial charge in [-0.25, -0.2) is 0 Å². The summed E-state index contributed by atoms with van der Waals surface area (Å²) in [5, 5.41) is 2.90. The second-order valence-electron chi connectivity index (χ2n) is 5.47. The van der Waals surface area contributed by atoms with Crippen LogP contribution in [0.25, 0.3) is 0 Å². The third-order valence-electron chi connectivity index (χ3n) is 3.92. The molecule has 1 aromatic carbocycles. The number of nitrogens with one attached hydrogen (secondary N) is 1. The fraction of sp³-hybridized carbons (Fsp3) is 0.562. The van der Waals surface area contributed by atoms with Gasteiger partial charge in [-0.05, 0) is 31.9 Å². The van der Waals surface area contributed by atoms with Crippen molar-refractivity contribution in [3.8, 4) is 11.5 Å². The van der Waals surface area contributed by atoms with Crippen LogP contribution in [-0.2, 0) is 4.79 Å². The van der Waals surface area contributed by atoms with Crippen LogP contribution in [0.1, 0.15) is 39.0 Å². The first-order valence-corrected chi connectivity index (χ1v) is 7.50. The van der Waals surface area contributed by atoms with Crippen molar-refractivity contribution < 1.29 is 14.3 Å². The van der Waals surface area contributed by atoms with Crippen molar-refractivity contribution in [1.82, 2.24) is 0 Å². The summed E-state index contributed by atoms with van der Waals surface area (Å²) in [5.41, 5.74) is 6.17. The van der Waals surface area contributed by atoms with Crippen LogP contribution in [0, 0.1) is 0 Å². The predicted octanol–water partition coefficient (Wildman–Crippen LogP) is 3.12. The molecule has 5 nitrogen and oxygen atoms in total. The van der Waals surface area contributed by atoms with E-state index in [0.29, 0.717) is 23.8 Å². The molecule has 22 heavy (non-hydrogen) atoms. The lowest BCUT2D eigenvalue weighted by atomic mass is 9.82. The molecule has 0 aliphatic heterocycles. The van der Waals surface area contributed by atoms with Gasteiger partial charge in [0.2, 0.25) is 5.91 Å². The summed E-state index contributed by atoms with van der Waals surface area (Å²) in [6.45, 7) is 2.44. The predicted molar refractivity (Wildman–Crippen MR) is 90.0 cm³/mol. The number of rotatable bonds is 5. The molecule has 1 aliphatic carbocycles. The van der Waals surface area contributed by atoms with E-state index in [2.05, 4.69) is 5.32 Å². The molecule has 1 fully saturated rings. The Morgan fingerprint density at radius 1 is 1.27 bits per heavy atom. The van der Waals surface area contributed by atoms with Crippen LogP contribution in [-0.4, -0.2) is 25.2 Å². The van der Waals surface area contributed by atoms with E-state index in [0.717, 1.165) is 32.1 Å². The van der Waals surface area contributed by atoms with E-state index in [9.17, 15) is 4.79 Å². The highest BCUT2D eigenvalue weighted by molar-refractivity contribution is 5.98.